The Morgan fingerprint density at radius 1 is 1.28 bits per heavy atom. The molecule has 0 radical (unpaired) electrons. The number of anilines is 2. The molecule has 0 spiro atoms. The van der Waals surface area contributed by atoms with Gasteiger partial charge in [-0.15, -0.1) is 0 Å². The molecule has 1 fully saturated rings. The van der Waals surface area contributed by atoms with Gasteiger partial charge in [0.05, 0.1) is 24.0 Å². The molecule has 4 rings (SSSR count). The molecule has 2 heterocycles. The highest BCUT2D eigenvalue weighted by Gasteiger charge is 2.82. The number of nitrogens with zero attached hydrogens (tertiary/aromatic N) is 3. The van der Waals surface area contributed by atoms with Crippen LogP contribution in [0.5, 0.6) is 0 Å². The summed E-state index contributed by atoms with van der Waals surface area (Å²) in [7, 11) is 3.23. The molecule has 8 heteroatoms. The van der Waals surface area contributed by atoms with E-state index in [0.29, 0.717) is 5.56 Å². The van der Waals surface area contributed by atoms with Crippen molar-refractivity contribution in [3.8, 4) is 0 Å². The van der Waals surface area contributed by atoms with Crippen molar-refractivity contribution in [2.45, 2.75) is 32.1 Å². The Morgan fingerprint density at radius 3 is 2.59 bits per heavy atom. The molecule has 29 heavy (non-hydrogen) atoms. The molecular weight excluding hydrogens is 376 g/mol. The third kappa shape index (κ3) is 2.77. The van der Waals surface area contributed by atoms with E-state index in [1.54, 1.807) is 35.1 Å². The summed E-state index contributed by atoms with van der Waals surface area (Å²) in [6, 6.07) is 6.78. The van der Waals surface area contributed by atoms with E-state index in [4.69, 9.17) is 0 Å². The lowest BCUT2D eigenvalue weighted by molar-refractivity contribution is -0.128. The molecule has 3 aromatic rings. The molecule has 2 atom stereocenters. The minimum atomic E-state index is -3.06. The van der Waals surface area contributed by atoms with Crippen molar-refractivity contribution < 1.29 is 13.6 Å². The minimum Gasteiger partial charge on any atom is -0.358 e. The molecule has 2 unspecified atom stereocenters. The van der Waals surface area contributed by atoms with Gasteiger partial charge in [-0.1, -0.05) is 19.1 Å². The molecule has 1 aromatic carbocycles. The molecule has 1 aliphatic carbocycles. The van der Waals surface area contributed by atoms with Gasteiger partial charge in [0.15, 0.2) is 0 Å². The normalized spacial score (nSPS) is 22.5. The van der Waals surface area contributed by atoms with Crippen LogP contribution in [0.1, 0.15) is 30.9 Å². The van der Waals surface area contributed by atoms with E-state index < -0.39 is 23.2 Å². The van der Waals surface area contributed by atoms with Gasteiger partial charge in [-0.25, -0.2) is 8.78 Å². The highest BCUT2D eigenvalue weighted by Crippen LogP contribution is 2.71. The molecule has 2 N–H and O–H groups in total. The Bertz CT molecular complexity index is 1090. The van der Waals surface area contributed by atoms with Crippen LogP contribution in [0, 0.1) is 5.41 Å². The fourth-order valence-corrected chi connectivity index (χ4v) is 4.12. The Labute approximate surface area is 167 Å². The average Bonchev–Trinajstić information content (AvgIpc) is 2.97. The van der Waals surface area contributed by atoms with E-state index in [1.165, 1.54) is 14.0 Å². The summed E-state index contributed by atoms with van der Waals surface area (Å²) in [5.74, 6) is -4.83. The predicted octanol–water partition coefficient (Wildman–Crippen LogP) is 3.76. The average molecular weight is 399 g/mol. The molecule has 0 bridgehead atoms. The summed E-state index contributed by atoms with van der Waals surface area (Å²) in [6.07, 6.45) is 4.40. The van der Waals surface area contributed by atoms with Crippen molar-refractivity contribution in [3.05, 3.63) is 47.8 Å². The number of nitrogens with one attached hydrogen (secondary N) is 2. The number of carbonyl (C=O) groups excluding carboxylic acids is 1. The number of benzene rings is 1. The van der Waals surface area contributed by atoms with Gasteiger partial charge in [0, 0.05) is 25.3 Å². The van der Waals surface area contributed by atoms with Crippen molar-refractivity contribution in [2.24, 2.45) is 12.5 Å². The highest BCUT2D eigenvalue weighted by atomic mass is 19.3. The predicted molar refractivity (Wildman–Crippen MR) is 107 cm³/mol. The number of halogens is 2. The number of aryl methyl sites for hydroxylation is 2. The standard InChI is InChI=1S/C21H23F2N5O/c1-5-14-15(10-25-16-11-28(4)27-17(14)16)26-13-8-6-12(7-9-13)18-20(2,19(29)24-3)21(18,22)23/h6-11,18,26H,5H2,1-4H3,(H,24,29). The number of rotatable bonds is 5. The summed E-state index contributed by atoms with van der Waals surface area (Å²) in [4.78, 5) is 16.4. The lowest BCUT2D eigenvalue weighted by Gasteiger charge is -2.12. The van der Waals surface area contributed by atoms with Crippen LogP contribution < -0.4 is 10.6 Å². The van der Waals surface area contributed by atoms with Gasteiger partial charge in [0.2, 0.25) is 5.91 Å². The molecule has 2 aromatic heterocycles. The maximum Gasteiger partial charge on any atom is 0.270 e. The lowest BCUT2D eigenvalue weighted by atomic mass is 10.00. The third-order valence-electron chi connectivity index (χ3n) is 5.88. The molecule has 1 amide bonds. The fourth-order valence-electron chi connectivity index (χ4n) is 4.12. The monoisotopic (exact) mass is 399 g/mol. The van der Waals surface area contributed by atoms with Crippen LogP contribution in [0.3, 0.4) is 0 Å². The van der Waals surface area contributed by atoms with Crippen molar-refractivity contribution in [2.75, 3.05) is 12.4 Å². The number of carbonyl (C=O) groups is 1. The quantitative estimate of drug-likeness (QED) is 0.685. The number of pyridine rings is 1. The smallest absolute Gasteiger partial charge is 0.270 e. The summed E-state index contributed by atoms with van der Waals surface area (Å²) in [5.41, 5.74) is 3.04. The molecule has 0 aliphatic heterocycles. The summed E-state index contributed by atoms with van der Waals surface area (Å²) in [5, 5.41) is 10.1. The van der Waals surface area contributed by atoms with Crippen LogP contribution in [-0.4, -0.2) is 33.6 Å². The van der Waals surface area contributed by atoms with Crippen LogP contribution in [0.25, 0.3) is 11.0 Å². The first kappa shape index (κ1) is 19.3. The van der Waals surface area contributed by atoms with Crippen molar-refractivity contribution in [1.29, 1.82) is 0 Å². The zero-order chi connectivity index (χ0) is 21.0. The number of aromatic nitrogens is 3. The summed E-state index contributed by atoms with van der Waals surface area (Å²) in [6.45, 7) is 3.36. The van der Waals surface area contributed by atoms with Gasteiger partial charge in [-0.05, 0) is 31.0 Å². The van der Waals surface area contributed by atoms with E-state index in [2.05, 4.69) is 20.7 Å². The second-order valence-electron chi connectivity index (χ2n) is 7.63. The number of hydrogen-bond donors (Lipinski definition) is 2. The summed E-state index contributed by atoms with van der Waals surface area (Å²) >= 11 is 0. The summed E-state index contributed by atoms with van der Waals surface area (Å²) < 4.78 is 30.5. The number of amides is 1. The van der Waals surface area contributed by atoms with Crippen LogP contribution in [0.15, 0.2) is 36.7 Å². The van der Waals surface area contributed by atoms with Crippen LogP contribution in [0.4, 0.5) is 20.2 Å². The first-order valence-electron chi connectivity index (χ1n) is 9.52. The maximum absolute atomic E-state index is 14.4. The van der Waals surface area contributed by atoms with Gasteiger partial charge < -0.3 is 10.6 Å². The second-order valence-corrected chi connectivity index (χ2v) is 7.63. The second kappa shape index (κ2) is 6.50. The fraction of sp³-hybridized carbons (Fsp3) is 0.381. The number of hydrogen-bond acceptors (Lipinski definition) is 4. The third-order valence-corrected chi connectivity index (χ3v) is 5.88. The minimum absolute atomic E-state index is 0.445. The molecule has 6 nitrogen and oxygen atoms in total. The van der Waals surface area contributed by atoms with Gasteiger partial charge in [0.1, 0.15) is 16.4 Å². The van der Waals surface area contributed by atoms with Gasteiger partial charge >= 0.3 is 0 Å². The molecule has 1 aliphatic rings. The Morgan fingerprint density at radius 2 is 1.97 bits per heavy atom. The van der Waals surface area contributed by atoms with E-state index in [9.17, 15) is 13.6 Å². The zero-order valence-electron chi connectivity index (χ0n) is 16.8. The first-order valence-corrected chi connectivity index (χ1v) is 9.52. The first-order chi connectivity index (χ1) is 13.7. The van der Waals surface area contributed by atoms with Gasteiger partial charge in [-0.2, -0.15) is 5.10 Å². The van der Waals surface area contributed by atoms with Crippen molar-refractivity contribution in [3.63, 3.8) is 0 Å². The Balaban J connectivity index is 1.60. The number of alkyl halides is 2. The largest absolute Gasteiger partial charge is 0.358 e. The van der Waals surface area contributed by atoms with E-state index >= 15 is 0 Å². The maximum atomic E-state index is 14.4. The Kier molecular flexibility index (Phi) is 4.33. The zero-order valence-corrected chi connectivity index (χ0v) is 16.8. The SMILES string of the molecule is CCc1c(Nc2ccc(C3C(F)(F)C3(C)C(=O)NC)cc2)cnc2cn(C)nc12. The van der Waals surface area contributed by atoms with Crippen LogP contribution in [-0.2, 0) is 18.3 Å². The molecule has 0 saturated heterocycles. The van der Waals surface area contributed by atoms with Crippen LogP contribution >= 0.6 is 0 Å². The van der Waals surface area contributed by atoms with Crippen molar-refractivity contribution >= 4 is 28.3 Å². The lowest BCUT2D eigenvalue weighted by Crippen LogP contribution is -2.31. The van der Waals surface area contributed by atoms with Crippen molar-refractivity contribution in [1.82, 2.24) is 20.1 Å². The van der Waals surface area contributed by atoms with E-state index in [0.717, 1.165) is 34.4 Å². The van der Waals surface area contributed by atoms with E-state index in [1.807, 2.05) is 20.2 Å². The molecule has 1 saturated carbocycles. The topological polar surface area (TPSA) is 71.8 Å². The Hall–Kier alpha value is -3.03. The van der Waals surface area contributed by atoms with Crippen LogP contribution in [0.2, 0.25) is 0 Å². The van der Waals surface area contributed by atoms with E-state index in [-0.39, 0.29) is 0 Å². The number of fused-ring (bicyclic) bond motifs is 1. The van der Waals surface area contributed by atoms with Gasteiger partial charge in [-0.3, -0.25) is 14.5 Å². The van der Waals surface area contributed by atoms with Gasteiger partial charge in [0.25, 0.3) is 5.92 Å². The molecule has 152 valence electrons. The highest BCUT2D eigenvalue weighted by molar-refractivity contribution is 5.89. The molecular formula is C21H23F2N5O.